The zero-order valence-electron chi connectivity index (χ0n) is 16.1. The Hall–Kier alpha value is -2.80. The highest BCUT2D eigenvalue weighted by Crippen LogP contribution is 2.29. The molecule has 2 heterocycles. The molecule has 0 aliphatic carbocycles. The maximum absolute atomic E-state index is 12.8. The molecule has 0 unspecified atom stereocenters. The standard InChI is InChI=1S/C21H23N5OS/c1-4-13(2)15-9-5-6-10-16(15)22-19(27)14(3)28-21-25-24-20-23-17-11-7-8-12-18(17)26(20)21/h5-14H,4H2,1-3H3,(H,22,27)(H,23,24)/t13-,14+/m0/s1. The summed E-state index contributed by atoms with van der Waals surface area (Å²) in [4.78, 5) is 17.4. The summed E-state index contributed by atoms with van der Waals surface area (Å²) in [6.07, 6.45) is 1.02. The van der Waals surface area contributed by atoms with Crippen molar-refractivity contribution in [3.05, 3.63) is 54.1 Å². The lowest BCUT2D eigenvalue weighted by atomic mass is 9.97. The first-order valence-electron chi connectivity index (χ1n) is 9.46. The van der Waals surface area contributed by atoms with Crippen LogP contribution < -0.4 is 5.32 Å². The van der Waals surface area contributed by atoms with Gasteiger partial charge in [0.05, 0.1) is 16.3 Å². The van der Waals surface area contributed by atoms with Crippen molar-refractivity contribution in [2.45, 2.75) is 43.5 Å². The first-order chi connectivity index (χ1) is 13.6. The van der Waals surface area contributed by atoms with Crippen LogP contribution in [0.1, 0.15) is 38.7 Å². The second-order valence-corrected chi connectivity index (χ2v) is 8.22. The largest absolute Gasteiger partial charge is 0.325 e. The number of para-hydroxylation sites is 3. The number of hydrogen-bond acceptors (Lipinski definition) is 4. The number of anilines is 1. The van der Waals surface area contributed by atoms with Crippen LogP contribution in [0.5, 0.6) is 0 Å². The highest BCUT2D eigenvalue weighted by molar-refractivity contribution is 8.00. The number of thioether (sulfide) groups is 1. The van der Waals surface area contributed by atoms with Gasteiger partial charge in [0.25, 0.3) is 0 Å². The van der Waals surface area contributed by atoms with E-state index in [-0.39, 0.29) is 11.2 Å². The summed E-state index contributed by atoms with van der Waals surface area (Å²) in [5.41, 5.74) is 3.92. The van der Waals surface area contributed by atoms with E-state index >= 15 is 0 Å². The molecule has 4 aromatic rings. The molecule has 2 N–H and O–H groups in total. The van der Waals surface area contributed by atoms with Crippen molar-refractivity contribution >= 4 is 40.2 Å². The number of hydrogen-bond donors (Lipinski definition) is 2. The first kappa shape index (κ1) is 18.6. The van der Waals surface area contributed by atoms with Gasteiger partial charge in [0.1, 0.15) is 0 Å². The number of amides is 1. The van der Waals surface area contributed by atoms with Crippen LogP contribution in [-0.4, -0.2) is 30.7 Å². The minimum atomic E-state index is -0.308. The molecule has 7 heteroatoms. The number of imidazole rings is 1. The van der Waals surface area contributed by atoms with Gasteiger partial charge in [-0.25, -0.2) is 10.1 Å². The summed E-state index contributed by atoms with van der Waals surface area (Å²) in [6.45, 7) is 6.22. The fourth-order valence-electron chi connectivity index (χ4n) is 3.23. The minimum absolute atomic E-state index is 0.0404. The predicted octanol–water partition coefficient (Wildman–Crippen LogP) is 4.84. The fraction of sp³-hybridized carbons (Fsp3) is 0.286. The van der Waals surface area contributed by atoms with Crippen molar-refractivity contribution in [3.63, 3.8) is 0 Å². The molecule has 0 fully saturated rings. The lowest BCUT2D eigenvalue weighted by Gasteiger charge is -2.17. The molecule has 0 saturated carbocycles. The summed E-state index contributed by atoms with van der Waals surface area (Å²) in [7, 11) is 0. The van der Waals surface area contributed by atoms with Crippen LogP contribution in [0, 0.1) is 0 Å². The number of benzene rings is 2. The quantitative estimate of drug-likeness (QED) is 0.460. The molecule has 28 heavy (non-hydrogen) atoms. The van der Waals surface area contributed by atoms with Crippen LogP contribution in [-0.2, 0) is 4.79 Å². The molecule has 0 saturated heterocycles. The highest BCUT2D eigenvalue weighted by Gasteiger charge is 2.21. The van der Waals surface area contributed by atoms with E-state index in [1.807, 2.05) is 53.8 Å². The lowest BCUT2D eigenvalue weighted by molar-refractivity contribution is -0.115. The van der Waals surface area contributed by atoms with Crippen molar-refractivity contribution in [2.75, 3.05) is 5.32 Å². The van der Waals surface area contributed by atoms with E-state index in [2.05, 4.69) is 40.4 Å². The van der Waals surface area contributed by atoms with E-state index in [9.17, 15) is 4.79 Å². The maximum Gasteiger partial charge on any atom is 0.237 e. The Kier molecular flexibility index (Phi) is 5.09. The number of fused-ring (bicyclic) bond motifs is 3. The van der Waals surface area contributed by atoms with Crippen LogP contribution >= 0.6 is 11.8 Å². The van der Waals surface area contributed by atoms with Gasteiger partial charge in [0, 0.05) is 5.69 Å². The van der Waals surface area contributed by atoms with Gasteiger partial charge in [-0.1, -0.05) is 55.9 Å². The van der Waals surface area contributed by atoms with E-state index in [1.54, 1.807) is 0 Å². The molecular formula is C21H23N5OS. The van der Waals surface area contributed by atoms with Gasteiger partial charge < -0.3 is 5.32 Å². The topological polar surface area (TPSA) is 75.1 Å². The van der Waals surface area contributed by atoms with Crippen molar-refractivity contribution in [2.24, 2.45) is 0 Å². The summed E-state index contributed by atoms with van der Waals surface area (Å²) >= 11 is 1.42. The molecule has 0 radical (unpaired) electrons. The zero-order chi connectivity index (χ0) is 19.7. The van der Waals surface area contributed by atoms with Crippen molar-refractivity contribution in [1.82, 2.24) is 19.6 Å². The van der Waals surface area contributed by atoms with Crippen molar-refractivity contribution in [1.29, 1.82) is 0 Å². The number of nitrogens with one attached hydrogen (secondary N) is 2. The zero-order valence-corrected chi connectivity index (χ0v) is 17.0. The van der Waals surface area contributed by atoms with Crippen LogP contribution in [0.3, 0.4) is 0 Å². The molecule has 6 nitrogen and oxygen atoms in total. The Balaban J connectivity index is 1.55. The Morgan fingerprint density at radius 3 is 2.75 bits per heavy atom. The maximum atomic E-state index is 12.8. The summed E-state index contributed by atoms with van der Waals surface area (Å²) in [5, 5.41) is 10.8. The van der Waals surface area contributed by atoms with Gasteiger partial charge in [-0.2, -0.15) is 0 Å². The molecule has 144 valence electrons. The van der Waals surface area contributed by atoms with Gasteiger partial charge in [0.15, 0.2) is 5.16 Å². The SMILES string of the molecule is CC[C@H](C)c1ccccc1NC(=O)[C@@H](C)Sc1n[nH]c2nc3ccccc3n12. The minimum Gasteiger partial charge on any atom is -0.325 e. The Labute approximate surface area is 167 Å². The van der Waals surface area contributed by atoms with E-state index < -0.39 is 0 Å². The molecule has 0 spiro atoms. The lowest BCUT2D eigenvalue weighted by Crippen LogP contribution is -2.23. The molecule has 0 bridgehead atoms. The molecular weight excluding hydrogens is 370 g/mol. The monoisotopic (exact) mass is 393 g/mol. The van der Waals surface area contributed by atoms with E-state index in [0.29, 0.717) is 11.7 Å². The van der Waals surface area contributed by atoms with Gasteiger partial charge in [0.2, 0.25) is 11.7 Å². The Morgan fingerprint density at radius 1 is 1.18 bits per heavy atom. The molecule has 4 rings (SSSR count). The molecule has 1 amide bonds. The number of aromatic nitrogens is 4. The second kappa shape index (κ2) is 7.67. The summed E-state index contributed by atoms with van der Waals surface area (Å²) in [6, 6.07) is 15.9. The van der Waals surface area contributed by atoms with E-state index in [1.165, 1.54) is 17.3 Å². The average Bonchev–Trinajstić information content (AvgIpc) is 3.27. The van der Waals surface area contributed by atoms with Crippen LogP contribution in [0.4, 0.5) is 5.69 Å². The third-order valence-corrected chi connectivity index (χ3v) is 6.07. The van der Waals surface area contributed by atoms with Crippen LogP contribution in [0.2, 0.25) is 0 Å². The normalized spacial score (nSPS) is 13.7. The van der Waals surface area contributed by atoms with Gasteiger partial charge >= 0.3 is 0 Å². The van der Waals surface area contributed by atoms with Gasteiger partial charge in [-0.3, -0.25) is 9.20 Å². The second-order valence-electron chi connectivity index (χ2n) is 6.91. The third kappa shape index (κ3) is 3.38. The smallest absolute Gasteiger partial charge is 0.237 e. The summed E-state index contributed by atoms with van der Waals surface area (Å²) in [5.74, 6) is 1.03. The van der Waals surface area contributed by atoms with Gasteiger partial charge in [-0.15, -0.1) is 5.10 Å². The number of rotatable bonds is 6. The van der Waals surface area contributed by atoms with E-state index in [0.717, 1.165) is 28.3 Å². The van der Waals surface area contributed by atoms with Crippen molar-refractivity contribution < 1.29 is 4.79 Å². The molecule has 2 aromatic heterocycles. The molecule has 0 aliphatic rings. The first-order valence-corrected chi connectivity index (χ1v) is 10.3. The Morgan fingerprint density at radius 2 is 1.93 bits per heavy atom. The number of carbonyl (C=O) groups excluding carboxylic acids is 1. The number of carbonyl (C=O) groups is 1. The van der Waals surface area contributed by atoms with Crippen molar-refractivity contribution in [3.8, 4) is 0 Å². The molecule has 2 atom stereocenters. The third-order valence-electron chi connectivity index (χ3n) is 5.02. The fourth-order valence-corrected chi connectivity index (χ4v) is 4.10. The highest BCUT2D eigenvalue weighted by atomic mass is 32.2. The average molecular weight is 394 g/mol. The summed E-state index contributed by atoms with van der Waals surface area (Å²) < 4.78 is 1.96. The van der Waals surface area contributed by atoms with E-state index in [4.69, 9.17) is 0 Å². The van der Waals surface area contributed by atoms with Crippen LogP contribution in [0.15, 0.2) is 53.7 Å². The predicted molar refractivity (Wildman–Crippen MR) is 114 cm³/mol. The van der Waals surface area contributed by atoms with Gasteiger partial charge in [-0.05, 0) is 43.0 Å². The number of nitrogens with zero attached hydrogens (tertiary/aromatic N) is 3. The number of H-pyrrole nitrogens is 1. The van der Waals surface area contributed by atoms with Crippen LogP contribution in [0.25, 0.3) is 16.8 Å². The molecule has 2 aromatic carbocycles. The Bertz CT molecular complexity index is 1130. The number of aromatic amines is 1. The molecule has 0 aliphatic heterocycles.